The van der Waals surface area contributed by atoms with E-state index in [2.05, 4.69) is 210 Å². The van der Waals surface area contributed by atoms with Crippen LogP contribution in [0, 0.1) is 0 Å². The summed E-state index contributed by atoms with van der Waals surface area (Å²) in [5.74, 6) is 0.781. The van der Waals surface area contributed by atoms with E-state index < -0.39 is 0 Å². The summed E-state index contributed by atoms with van der Waals surface area (Å²) in [6.45, 7) is 0. The molecule has 0 spiro atoms. The molecule has 0 saturated heterocycles. The Morgan fingerprint density at radius 1 is 0.516 bits per heavy atom. The van der Waals surface area contributed by atoms with Crippen LogP contribution in [0.5, 0.6) is 0 Å². The van der Waals surface area contributed by atoms with Crippen molar-refractivity contribution in [2.75, 3.05) is 4.90 Å². The Balaban J connectivity index is 0.982. The molecule has 13 rings (SSSR count). The van der Waals surface area contributed by atoms with Crippen molar-refractivity contribution in [1.29, 1.82) is 0 Å². The SMILES string of the molecule is C1=Cc2c(nc(-c3ccc(N4c5ccc(-c6ccc7c(c6)c6ccccc6n7-c6ccccc6)cc5C5=c6ccccc6=CCC54)c4ccccc34)nc2-c2ccccc2)CC1. The van der Waals surface area contributed by atoms with Gasteiger partial charge in [0, 0.05) is 55.5 Å². The Kier molecular flexibility index (Phi) is 7.83. The predicted molar refractivity (Wildman–Crippen MR) is 257 cm³/mol. The average molecular weight is 793 g/mol. The second kappa shape index (κ2) is 13.9. The van der Waals surface area contributed by atoms with Gasteiger partial charge in [0.2, 0.25) is 0 Å². The summed E-state index contributed by atoms with van der Waals surface area (Å²) >= 11 is 0. The number of allylic oxidation sites excluding steroid dienone is 1. The smallest absolute Gasteiger partial charge is 0.160 e. The van der Waals surface area contributed by atoms with E-state index in [-0.39, 0.29) is 6.04 Å². The minimum Gasteiger partial charge on any atom is -0.332 e. The average Bonchev–Trinajstić information content (AvgIpc) is 3.86. The van der Waals surface area contributed by atoms with Gasteiger partial charge in [-0.3, -0.25) is 0 Å². The van der Waals surface area contributed by atoms with Gasteiger partial charge in [-0.15, -0.1) is 0 Å². The standard InChI is InChI=1S/C58H40N4/c1-3-16-38(17-4-1)57-47-24-11-13-25-50(47)59-58(60-57)46-30-34-52(44-22-10-9-21-43(44)46)62-54-32-29-40(36-49(54)56-42-20-8-7-15-37(42)27-33-55(56)62)39-28-31-53-48(35-39)45-23-12-14-26-51(45)61(53)41-18-5-2-6-19-41/h1-12,14-24,26-32,34-36,55H,13,25,33H2. The molecule has 0 amide bonds. The summed E-state index contributed by atoms with van der Waals surface area (Å²) in [6.07, 6.45) is 9.69. The zero-order valence-corrected chi connectivity index (χ0v) is 34.0. The van der Waals surface area contributed by atoms with Crippen molar-refractivity contribution in [2.24, 2.45) is 0 Å². The first-order valence-electron chi connectivity index (χ1n) is 21.7. The molecule has 3 heterocycles. The number of para-hydroxylation sites is 2. The summed E-state index contributed by atoms with van der Waals surface area (Å²) in [4.78, 5) is 13.2. The molecule has 0 N–H and O–H groups in total. The first-order chi connectivity index (χ1) is 30.8. The zero-order chi connectivity index (χ0) is 40.7. The van der Waals surface area contributed by atoms with Crippen LogP contribution in [-0.2, 0) is 6.42 Å². The number of aromatic nitrogens is 3. The van der Waals surface area contributed by atoms with Crippen LogP contribution in [0.15, 0.2) is 188 Å². The van der Waals surface area contributed by atoms with Crippen LogP contribution in [0.1, 0.15) is 29.7 Å². The summed E-state index contributed by atoms with van der Waals surface area (Å²) in [7, 11) is 0. The fraction of sp³-hybridized carbons (Fsp3) is 0.0690. The van der Waals surface area contributed by atoms with Crippen molar-refractivity contribution in [1.82, 2.24) is 14.5 Å². The third-order valence-electron chi connectivity index (χ3n) is 13.3. The lowest BCUT2D eigenvalue weighted by Gasteiger charge is -2.30. The number of rotatable bonds is 5. The largest absolute Gasteiger partial charge is 0.332 e. The normalized spacial score (nSPS) is 15.1. The van der Waals surface area contributed by atoms with Crippen molar-refractivity contribution in [3.63, 3.8) is 0 Å². The topological polar surface area (TPSA) is 34.0 Å². The number of anilines is 2. The number of benzene rings is 8. The predicted octanol–water partition coefficient (Wildman–Crippen LogP) is 12.6. The molecule has 10 aromatic rings. The first-order valence-corrected chi connectivity index (χ1v) is 21.7. The van der Waals surface area contributed by atoms with Crippen LogP contribution in [0.2, 0.25) is 0 Å². The van der Waals surface area contributed by atoms with Crippen molar-refractivity contribution in [2.45, 2.75) is 25.3 Å². The Bertz CT molecular complexity index is 3620. The number of hydrogen-bond acceptors (Lipinski definition) is 3. The van der Waals surface area contributed by atoms with Gasteiger partial charge in [0.25, 0.3) is 0 Å². The Morgan fingerprint density at radius 2 is 1.23 bits per heavy atom. The van der Waals surface area contributed by atoms with E-state index in [0.29, 0.717) is 0 Å². The molecule has 0 fully saturated rings. The van der Waals surface area contributed by atoms with E-state index in [1.54, 1.807) is 0 Å². The molecule has 0 bridgehead atoms. The highest BCUT2D eigenvalue weighted by Gasteiger charge is 2.37. The van der Waals surface area contributed by atoms with Crippen molar-refractivity contribution < 1.29 is 0 Å². The van der Waals surface area contributed by atoms with Crippen LogP contribution in [0.3, 0.4) is 0 Å². The minimum absolute atomic E-state index is 0.146. The molecule has 1 aliphatic heterocycles. The Labute approximate surface area is 359 Å². The highest BCUT2D eigenvalue weighted by atomic mass is 15.2. The van der Waals surface area contributed by atoms with Crippen LogP contribution in [0.4, 0.5) is 11.4 Å². The number of aryl methyl sites for hydroxylation is 1. The minimum atomic E-state index is 0.146. The number of nitrogens with zero attached hydrogens (tertiary/aromatic N) is 4. The van der Waals surface area contributed by atoms with Crippen LogP contribution < -0.4 is 15.3 Å². The molecule has 3 aliphatic rings. The van der Waals surface area contributed by atoms with Gasteiger partial charge in [-0.25, -0.2) is 9.97 Å². The molecular formula is C58H40N4. The lowest BCUT2D eigenvalue weighted by molar-refractivity contribution is 0.847. The van der Waals surface area contributed by atoms with E-state index >= 15 is 0 Å². The lowest BCUT2D eigenvalue weighted by Crippen LogP contribution is -2.38. The van der Waals surface area contributed by atoms with Gasteiger partial charge >= 0.3 is 0 Å². The molecule has 4 nitrogen and oxygen atoms in total. The van der Waals surface area contributed by atoms with E-state index in [4.69, 9.17) is 9.97 Å². The van der Waals surface area contributed by atoms with Gasteiger partial charge in [-0.1, -0.05) is 146 Å². The first kappa shape index (κ1) is 35.0. The molecule has 292 valence electrons. The number of fused-ring (bicyclic) bond motifs is 9. The van der Waals surface area contributed by atoms with Crippen LogP contribution >= 0.6 is 0 Å². The second-order valence-corrected chi connectivity index (χ2v) is 16.7. The number of hydrogen-bond donors (Lipinski definition) is 0. The zero-order valence-electron chi connectivity index (χ0n) is 34.0. The maximum absolute atomic E-state index is 5.33. The maximum Gasteiger partial charge on any atom is 0.160 e. The van der Waals surface area contributed by atoms with E-state index in [1.807, 2.05) is 0 Å². The van der Waals surface area contributed by atoms with Crippen molar-refractivity contribution in [3.05, 3.63) is 215 Å². The van der Waals surface area contributed by atoms with Gasteiger partial charge in [-0.05, 0) is 106 Å². The van der Waals surface area contributed by atoms with Gasteiger partial charge in [0.05, 0.1) is 28.5 Å². The fourth-order valence-electron chi connectivity index (χ4n) is 10.6. The van der Waals surface area contributed by atoms with E-state index in [0.717, 1.165) is 58.6 Å². The monoisotopic (exact) mass is 792 g/mol. The lowest BCUT2D eigenvalue weighted by atomic mass is 9.90. The fourth-order valence-corrected chi connectivity index (χ4v) is 10.6. The summed E-state index contributed by atoms with van der Waals surface area (Å²) in [5, 5.41) is 7.50. The Morgan fingerprint density at radius 3 is 2.11 bits per heavy atom. The summed E-state index contributed by atoms with van der Waals surface area (Å²) in [6, 6.07) is 66.7. The molecule has 1 unspecified atom stereocenters. The van der Waals surface area contributed by atoms with E-state index in [1.165, 1.54) is 77.0 Å². The molecule has 2 aliphatic carbocycles. The molecule has 4 heteroatoms. The van der Waals surface area contributed by atoms with E-state index in [9.17, 15) is 0 Å². The third-order valence-corrected chi connectivity index (χ3v) is 13.3. The van der Waals surface area contributed by atoms with Gasteiger partial charge < -0.3 is 9.47 Å². The van der Waals surface area contributed by atoms with Crippen molar-refractivity contribution >= 4 is 61.7 Å². The Hall–Kier alpha value is -7.82. The van der Waals surface area contributed by atoms with Crippen LogP contribution in [-0.4, -0.2) is 20.6 Å². The van der Waals surface area contributed by atoms with Gasteiger partial charge in [0.15, 0.2) is 5.82 Å². The highest BCUT2D eigenvalue weighted by Crippen LogP contribution is 2.50. The van der Waals surface area contributed by atoms with Crippen molar-refractivity contribution in [3.8, 4) is 39.5 Å². The molecule has 0 saturated carbocycles. The maximum atomic E-state index is 5.33. The quantitative estimate of drug-likeness (QED) is 0.174. The molecule has 2 aromatic heterocycles. The second-order valence-electron chi connectivity index (χ2n) is 16.7. The third kappa shape index (κ3) is 5.33. The molecule has 8 aromatic carbocycles. The summed E-state index contributed by atoms with van der Waals surface area (Å²) < 4.78 is 2.39. The molecule has 1 atom stereocenters. The van der Waals surface area contributed by atoms with Gasteiger partial charge in [0.1, 0.15) is 0 Å². The molecule has 0 radical (unpaired) electrons. The highest BCUT2D eigenvalue weighted by molar-refractivity contribution is 6.11. The van der Waals surface area contributed by atoms with Crippen LogP contribution in [0.25, 0.3) is 89.8 Å². The van der Waals surface area contributed by atoms with Gasteiger partial charge in [-0.2, -0.15) is 0 Å². The summed E-state index contributed by atoms with van der Waals surface area (Å²) in [5.41, 5.74) is 16.6. The molecular weight excluding hydrogens is 753 g/mol. The molecule has 62 heavy (non-hydrogen) atoms.